The van der Waals surface area contributed by atoms with Crippen LogP contribution in [0.5, 0.6) is 0 Å². The van der Waals surface area contributed by atoms with Crippen molar-refractivity contribution in [3.8, 4) is 0 Å². The van der Waals surface area contributed by atoms with E-state index in [2.05, 4.69) is 0 Å². The van der Waals surface area contributed by atoms with E-state index >= 15 is 0 Å². The molecule has 204 valence electrons. The van der Waals surface area contributed by atoms with Crippen LogP contribution in [0.1, 0.15) is 33.5 Å². The number of rotatable bonds is 6. The van der Waals surface area contributed by atoms with E-state index in [-0.39, 0.29) is 42.2 Å². The number of hydrogen-bond donors (Lipinski definition) is 0. The lowest BCUT2D eigenvalue weighted by atomic mass is 9.88. The predicted octanol–water partition coefficient (Wildman–Crippen LogP) is 5.77. The number of carbonyl (C=O) groups excluding carboxylic acids is 1. The van der Waals surface area contributed by atoms with Gasteiger partial charge in [-0.2, -0.15) is 34.8 Å². The minimum atomic E-state index is -5.13. The second-order valence-corrected chi connectivity index (χ2v) is 10.7. The minimum absolute atomic E-state index is 0.0708. The molecule has 0 spiro atoms. The fraction of sp³-hybridized carbons (Fsp3) is 0.409. The molecular formula is C22H19Cl2F6NO5S. The smallest absolute Gasteiger partial charge is 0.366 e. The van der Waals surface area contributed by atoms with E-state index < -0.39 is 57.3 Å². The van der Waals surface area contributed by atoms with E-state index in [4.69, 9.17) is 32.1 Å². The van der Waals surface area contributed by atoms with Gasteiger partial charge >= 0.3 is 12.4 Å². The molecule has 1 aliphatic heterocycles. The van der Waals surface area contributed by atoms with Crippen LogP contribution in [0.3, 0.4) is 0 Å². The molecule has 1 saturated heterocycles. The highest BCUT2D eigenvalue weighted by atomic mass is 35.5. The molecule has 0 aliphatic carbocycles. The van der Waals surface area contributed by atoms with Gasteiger partial charge in [0.25, 0.3) is 16.0 Å². The Morgan fingerprint density at radius 2 is 1.62 bits per heavy atom. The Bertz CT molecular complexity index is 1250. The zero-order valence-corrected chi connectivity index (χ0v) is 21.2. The van der Waals surface area contributed by atoms with Gasteiger partial charge in [-0.15, -0.1) is 0 Å². The van der Waals surface area contributed by atoms with Crippen LogP contribution in [-0.2, 0) is 37.0 Å². The molecule has 2 aromatic rings. The molecule has 0 N–H and O–H groups in total. The third-order valence-electron chi connectivity index (χ3n) is 5.56. The first-order valence-corrected chi connectivity index (χ1v) is 13.0. The van der Waals surface area contributed by atoms with Crippen LogP contribution < -0.4 is 0 Å². The molecule has 0 radical (unpaired) electrons. The second-order valence-electron chi connectivity index (χ2n) is 8.27. The quantitative estimate of drug-likeness (QED) is 0.314. The highest BCUT2D eigenvalue weighted by Crippen LogP contribution is 2.39. The molecule has 2 aromatic carbocycles. The average Bonchev–Trinajstić information content (AvgIpc) is 2.78. The largest absolute Gasteiger partial charge is 0.416 e. The summed E-state index contributed by atoms with van der Waals surface area (Å²) in [5.41, 5.74) is -5.19. The molecule has 37 heavy (non-hydrogen) atoms. The first-order chi connectivity index (χ1) is 16.9. The maximum atomic E-state index is 13.3. The third-order valence-corrected chi connectivity index (χ3v) is 6.89. The lowest BCUT2D eigenvalue weighted by Crippen LogP contribution is -2.52. The minimum Gasteiger partial charge on any atom is -0.366 e. The Hall–Kier alpha value is -2.06. The summed E-state index contributed by atoms with van der Waals surface area (Å²) in [5, 5.41) is 0.280. The van der Waals surface area contributed by atoms with E-state index in [0.717, 1.165) is 11.2 Å². The molecule has 0 unspecified atom stereocenters. The summed E-state index contributed by atoms with van der Waals surface area (Å²) in [6, 6.07) is 4.95. The Labute approximate surface area is 218 Å². The summed E-state index contributed by atoms with van der Waals surface area (Å²) in [6.45, 7) is -1.08. The van der Waals surface area contributed by atoms with Gasteiger partial charge in [-0.05, 0) is 35.9 Å². The maximum Gasteiger partial charge on any atom is 0.416 e. The molecule has 1 heterocycles. The number of ether oxygens (including phenoxy) is 1. The van der Waals surface area contributed by atoms with Gasteiger partial charge in [-0.1, -0.05) is 29.3 Å². The fourth-order valence-electron chi connectivity index (χ4n) is 3.83. The van der Waals surface area contributed by atoms with Gasteiger partial charge < -0.3 is 9.64 Å². The van der Waals surface area contributed by atoms with E-state index in [1.54, 1.807) is 0 Å². The highest BCUT2D eigenvalue weighted by molar-refractivity contribution is 7.85. The van der Waals surface area contributed by atoms with Gasteiger partial charge in [0.2, 0.25) is 0 Å². The van der Waals surface area contributed by atoms with Gasteiger partial charge in [0, 0.05) is 18.5 Å². The molecule has 0 bridgehead atoms. The van der Waals surface area contributed by atoms with Crippen molar-refractivity contribution in [2.24, 2.45) is 0 Å². The topological polar surface area (TPSA) is 72.9 Å². The van der Waals surface area contributed by atoms with Crippen molar-refractivity contribution in [1.82, 2.24) is 4.90 Å². The van der Waals surface area contributed by atoms with E-state index in [0.29, 0.717) is 17.7 Å². The van der Waals surface area contributed by atoms with Gasteiger partial charge in [0.1, 0.15) is 5.60 Å². The van der Waals surface area contributed by atoms with Crippen LogP contribution in [0.25, 0.3) is 0 Å². The zero-order valence-electron chi connectivity index (χ0n) is 18.9. The predicted molar refractivity (Wildman–Crippen MR) is 122 cm³/mol. The molecule has 1 atom stereocenters. The lowest BCUT2D eigenvalue weighted by molar-refractivity contribution is -0.143. The van der Waals surface area contributed by atoms with Crippen molar-refractivity contribution >= 4 is 39.2 Å². The summed E-state index contributed by atoms with van der Waals surface area (Å²) < 4.78 is 113. The molecule has 0 saturated carbocycles. The number of benzene rings is 2. The SMILES string of the molecule is CS(=O)(=O)OCC[C@@]1(c2ccc(Cl)c(Cl)c2)CN(C(=O)c2cc(C(F)(F)F)cc(C(F)(F)F)c2)CCO1. The first-order valence-electron chi connectivity index (χ1n) is 10.4. The van der Waals surface area contributed by atoms with Gasteiger partial charge in [-0.3, -0.25) is 8.98 Å². The number of hydrogen-bond acceptors (Lipinski definition) is 5. The van der Waals surface area contributed by atoms with Gasteiger partial charge in [0.15, 0.2) is 0 Å². The number of carbonyl (C=O) groups is 1. The molecule has 1 aliphatic rings. The van der Waals surface area contributed by atoms with Crippen molar-refractivity contribution in [1.29, 1.82) is 0 Å². The van der Waals surface area contributed by atoms with Crippen molar-refractivity contribution in [3.05, 3.63) is 68.7 Å². The standard InChI is InChI=1S/C22H19Cl2F6NO5S/c1-37(33,34)36-6-4-20(14-2-3-17(23)18(24)11-14)12-31(5-7-35-20)19(32)13-8-15(21(25,26)27)10-16(9-13)22(28,29)30/h2-3,8-11H,4-7,12H2,1H3/t20-/m0/s1. The van der Waals surface area contributed by atoms with Crippen molar-refractivity contribution in [3.63, 3.8) is 0 Å². The Morgan fingerprint density at radius 3 is 2.14 bits per heavy atom. The monoisotopic (exact) mass is 593 g/mol. The third kappa shape index (κ3) is 7.29. The Morgan fingerprint density at radius 1 is 1.03 bits per heavy atom. The molecular weight excluding hydrogens is 575 g/mol. The number of amides is 1. The van der Waals surface area contributed by atoms with Gasteiger partial charge in [-0.25, -0.2) is 0 Å². The Kier molecular flexibility index (Phi) is 8.45. The van der Waals surface area contributed by atoms with Crippen molar-refractivity contribution < 1.29 is 48.5 Å². The molecule has 3 rings (SSSR count). The number of halogens is 8. The first kappa shape index (κ1) is 29.5. The average molecular weight is 594 g/mol. The molecule has 1 fully saturated rings. The van der Waals surface area contributed by atoms with Crippen LogP contribution in [0.15, 0.2) is 36.4 Å². The normalized spacial score (nSPS) is 19.2. The van der Waals surface area contributed by atoms with Crippen LogP contribution in [-0.4, -0.2) is 51.8 Å². The van der Waals surface area contributed by atoms with Crippen molar-refractivity contribution in [2.75, 3.05) is 32.6 Å². The number of alkyl halides is 6. The fourth-order valence-corrected chi connectivity index (χ4v) is 4.51. The summed E-state index contributed by atoms with van der Waals surface area (Å²) in [7, 11) is -3.86. The number of nitrogens with zero attached hydrogens (tertiary/aromatic N) is 1. The van der Waals surface area contributed by atoms with Crippen LogP contribution in [0.4, 0.5) is 26.3 Å². The summed E-state index contributed by atoms with van der Waals surface area (Å²) >= 11 is 12.1. The number of morpholine rings is 1. The van der Waals surface area contributed by atoms with E-state index in [1.807, 2.05) is 0 Å². The molecule has 6 nitrogen and oxygen atoms in total. The van der Waals surface area contributed by atoms with Crippen LogP contribution in [0.2, 0.25) is 10.0 Å². The zero-order chi connectivity index (χ0) is 27.8. The van der Waals surface area contributed by atoms with Gasteiger partial charge in [0.05, 0.1) is 47.2 Å². The summed E-state index contributed by atoms with van der Waals surface area (Å²) in [4.78, 5) is 14.2. The highest BCUT2D eigenvalue weighted by Gasteiger charge is 2.42. The van der Waals surface area contributed by atoms with Crippen molar-refractivity contribution in [2.45, 2.75) is 24.4 Å². The summed E-state index contributed by atoms with van der Waals surface area (Å²) in [6.07, 6.45) is -9.59. The Balaban J connectivity index is 2.01. The second kappa shape index (κ2) is 10.6. The van der Waals surface area contributed by atoms with E-state index in [1.165, 1.54) is 18.2 Å². The molecule has 0 aromatic heterocycles. The lowest BCUT2D eigenvalue weighted by Gasteiger charge is -2.43. The molecule has 1 amide bonds. The van der Waals surface area contributed by atoms with Crippen LogP contribution in [0, 0.1) is 0 Å². The maximum absolute atomic E-state index is 13.3. The summed E-state index contributed by atoms with van der Waals surface area (Å²) in [5.74, 6) is -1.10. The molecule has 15 heteroatoms. The van der Waals surface area contributed by atoms with E-state index in [9.17, 15) is 39.6 Å². The van der Waals surface area contributed by atoms with Crippen LogP contribution >= 0.6 is 23.2 Å².